The van der Waals surface area contributed by atoms with Crippen molar-refractivity contribution in [2.24, 2.45) is 0 Å². The van der Waals surface area contributed by atoms with Crippen LogP contribution in [0.25, 0.3) is 19.5 Å². The quantitative estimate of drug-likeness (QED) is 0.161. The zero-order chi connectivity index (χ0) is 18.5. The Morgan fingerprint density at radius 2 is 1.52 bits per heavy atom. The molecule has 0 saturated carbocycles. The number of carbonyl (C=O) groups is 1. The first-order valence-electron chi connectivity index (χ1n) is 8.74. The number of hydrogen-bond acceptors (Lipinski definition) is 5. The van der Waals surface area contributed by atoms with Crippen LogP contribution in [0.3, 0.4) is 0 Å². The number of rotatable bonds is 8. The molecule has 1 nitrogen and oxygen atoms in total. The smallest absolute Gasteiger partial charge is 0.172 e. The highest BCUT2D eigenvalue weighted by molar-refractivity contribution is 7.99. The number of thiophene rings is 3. The van der Waals surface area contributed by atoms with Gasteiger partial charge < -0.3 is 0 Å². The highest BCUT2D eigenvalue weighted by Crippen LogP contribution is 2.39. The van der Waals surface area contributed by atoms with Crippen LogP contribution in [-0.2, 0) is 0 Å². The van der Waals surface area contributed by atoms with Gasteiger partial charge in [-0.1, -0.05) is 24.3 Å². The lowest BCUT2D eigenvalue weighted by atomic mass is 10.2. The lowest BCUT2D eigenvalue weighted by Crippen LogP contribution is -1.96. The van der Waals surface area contributed by atoms with Gasteiger partial charge in [0.15, 0.2) is 5.78 Å². The molecule has 3 aromatic heterocycles. The monoisotopic (exact) mass is 426 g/mol. The average Bonchev–Trinajstić information content (AvgIpc) is 3.46. The van der Waals surface area contributed by atoms with Crippen LogP contribution in [0.15, 0.2) is 77.0 Å². The van der Waals surface area contributed by atoms with Gasteiger partial charge in [-0.15, -0.1) is 45.8 Å². The number of carbonyl (C=O) groups excluding carboxylic acids is 1. The predicted molar refractivity (Wildman–Crippen MR) is 122 cm³/mol. The summed E-state index contributed by atoms with van der Waals surface area (Å²) >= 11 is 6.99. The topological polar surface area (TPSA) is 17.1 Å². The molecule has 0 aliphatic carbocycles. The second kappa shape index (κ2) is 9.02. The molecule has 0 saturated heterocycles. The highest BCUT2D eigenvalue weighted by Gasteiger charge is 2.12. The molecule has 5 heteroatoms. The first kappa shape index (κ1) is 18.7. The summed E-state index contributed by atoms with van der Waals surface area (Å²) in [5, 5.41) is 2.10. The van der Waals surface area contributed by atoms with E-state index in [0.717, 1.165) is 17.1 Å². The van der Waals surface area contributed by atoms with Gasteiger partial charge in [-0.25, -0.2) is 0 Å². The fourth-order valence-corrected chi connectivity index (χ4v) is 6.48. The molecule has 0 amide bonds. The molecule has 1 aromatic carbocycles. The van der Waals surface area contributed by atoms with Gasteiger partial charge >= 0.3 is 0 Å². The van der Waals surface area contributed by atoms with E-state index in [1.165, 1.54) is 24.4 Å². The lowest BCUT2D eigenvalue weighted by Gasteiger charge is -2.00. The van der Waals surface area contributed by atoms with Crippen molar-refractivity contribution in [1.29, 1.82) is 0 Å². The van der Waals surface area contributed by atoms with E-state index in [2.05, 4.69) is 60.0 Å². The standard InChI is InChI=1S/C22H18OS4/c23-17(8-4-14-24-16-6-2-1-3-7-16)18-10-11-21(26-18)22-13-12-20(27-22)19-9-5-15-25-19/h1-3,5-7,9-13,15H,4,8,14H2. The molecule has 0 aliphatic rings. The third-order valence-corrected chi connectivity index (χ3v) is 8.63. The van der Waals surface area contributed by atoms with Crippen LogP contribution in [0.5, 0.6) is 0 Å². The minimum atomic E-state index is 0.259. The Hall–Kier alpha value is -1.66. The van der Waals surface area contributed by atoms with Crippen molar-refractivity contribution in [3.8, 4) is 19.5 Å². The molecule has 0 atom stereocenters. The molecule has 0 radical (unpaired) electrons. The van der Waals surface area contributed by atoms with E-state index in [1.54, 1.807) is 34.0 Å². The zero-order valence-corrected chi connectivity index (χ0v) is 17.9. The summed E-state index contributed by atoms with van der Waals surface area (Å²) in [4.78, 5) is 19.7. The summed E-state index contributed by atoms with van der Waals surface area (Å²) in [5.74, 6) is 1.23. The van der Waals surface area contributed by atoms with Crippen LogP contribution in [0.2, 0.25) is 0 Å². The van der Waals surface area contributed by atoms with Gasteiger partial charge in [0.2, 0.25) is 0 Å². The first-order chi connectivity index (χ1) is 13.3. The minimum Gasteiger partial charge on any atom is -0.293 e. The van der Waals surface area contributed by atoms with Gasteiger partial charge in [0.1, 0.15) is 0 Å². The predicted octanol–water partition coefficient (Wildman–Crippen LogP) is 7.96. The van der Waals surface area contributed by atoms with Gasteiger partial charge in [-0.3, -0.25) is 4.79 Å². The Labute approximate surface area is 175 Å². The zero-order valence-electron chi connectivity index (χ0n) is 14.6. The van der Waals surface area contributed by atoms with E-state index in [0.29, 0.717) is 6.42 Å². The molecule has 0 N–H and O–H groups in total. The second-order valence-electron chi connectivity index (χ2n) is 5.99. The summed E-state index contributed by atoms with van der Waals surface area (Å²) in [5.41, 5.74) is 0. The molecule has 4 aromatic rings. The van der Waals surface area contributed by atoms with Gasteiger partial charge in [-0.05, 0) is 60.0 Å². The van der Waals surface area contributed by atoms with Crippen LogP contribution in [0.1, 0.15) is 22.5 Å². The third-order valence-electron chi connectivity index (χ3n) is 4.05. The van der Waals surface area contributed by atoms with Crippen molar-refractivity contribution in [2.45, 2.75) is 17.7 Å². The molecule has 3 heterocycles. The number of Topliss-reactive ketones (excluding diaryl/α,β-unsaturated/α-hetero) is 1. The van der Waals surface area contributed by atoms with Crippen molar-refractivity contribution < 1.29 is 4.79 Å². The van der Waals surface area contributed by atoms with Crippen LogP contribution in [-0.4, -0.2) is 11.5 Å². The molecule has 0 bridgehead atoms. The van der Waals surface area contributed by atoms with Crippen LogP contribution in [0.4, 0.5) is 0 Å². The van der Waals surface area contributed by atoms with E-state index in [1.807, 2.05) is 23.9 Å². The van der Waals surface area contributed by atoms with Crippen molar-refractivity contribution in [1.82, 2.24) is 0 Å². The van der Waals surface area contributed by atoms with E-state index in [4.69, 9.17) is 0 Å². The Kier molecular flexibility index (Phi) is 6.24. The Morgan fingerprint density at radius 3 is 2.30 bits per heavy atom. The molecule has 0 fully saturated rings. The Balaban J connectivity index is 1.33. The molecule has 0 unspecified atom stereocenters. The fraction of sp³-hybridized carbons (Fsp3) is 0.136. The number of benzene rings is 1. The van der Waals surface area contributed by atoms with Gasteiger partial charge in [-0.2, -0.15) is 0 Å². The summed E-state index contributed by atoms with van der Waals surface area (Å²) in [6, 6.07) is 23.0. The summed E-state index contributed by atoms with van der Waals surface area (Å²) in [7, 11) is 0. The molecule has 136 valence electrons. The van der Waals surface area contributed by atoms with Crippen molar-refractivity contribution in [2.75, 3.05) is 5.75 Å². The average molecular weight is 427 g/mol. The largest absolute Gasteiger partial charge is 0.293 e. The van der Waals surface area contributed by atoms with Gasteiger partial charge in [0, 0.05) is 30.8 Å². The maximum atomic E-state index is 12.5. The molecular weight excluding hydrogens is 409 g/mol. The fourth-order valence-electron chi connectivity index (χ4n) is 2.70. The number of hydrogen-bond donors (Lipinski definition) is 0. The van der Waals surface area contributed by atoms with E-state index >= 15 is 0 Å². The van der Waals surface area contributed by atoms with Gasteiger partial charge in [0.25, 0.3) is 0 Å². The normalized spacial score (nSPS) is 11.0. The maximum absolute atomic E-state index is 12.5. The third kappa shape index (κ3) is 4.79. The number of ketones is 1. The Bertz CT molecular complexity index is 996. The molecule has 4 rings (SSSR count). The van der Waals surface area contributed by atoms with Crippen LogP contribution < -0.4 is 0 Å². The number of thioether (sulfide) groups is 1. The lowest BCUT2D eigenvalue weighted by molar-refractivity contribution is 0.0986. The van der Waals surface area contributed by atoms with Crippen molar-refractivity contribution in [3.05, 3.63) is 77.0 Å². The molecule has 0 spiro atoms. The van der Waals surface area contributed by atoms with E-state index in [-0.39, 0.29) is 5.78 Å². The van der Waals surface area contributed by atoms with Crippen molar-refractivity contribution >= 4 is 51.6 Å². The van der Waals surface area contributed by atoms with E-state index < -0.39 is 0 Å². The second-order valence-corrected chi connectivity index (χ2v) is 10.3. The van der Waals surface area contributed by atoms with Crippen LogP contribution >= 0.6 is 45.8 Å². The van der Waals surface area contributed by atoms with Gasteiger partial charge in [0.05, 0.1) is 4.88 Å². The summed E-state index contributed by atoms with van der Waals surface area (Å²) in [6.07, 6.45) is 1.53. The van der Waals surface area contributed by atoms with Crippen LogP contribution in [0, 0.1) is 0 Å². The SMILES string of the molecule is O=C(CCCSc1ccccc1)c1ccc(-c2ccc(-c3cccs3)s2)s1. The maximum Gasteiger partial charge on any atom is 0.172 e. The summed E-state index contributed by atoms with van der Waals surface area (Å²) in [6.45, 7) is 0. The van der Waals surface area contributed by atoms with E-state index in [9.17, 15) is 4.79 Å². The molecular formula is C22H18OS4. The minimum absolute atomic E-state index is 0.259. The first-order valence-corrected chi connectivity index (χ1v) is 12.2. The summed E-state index contributed by atoms with van der Waals surface area (Å²) < 4.78 is 0. The van der Waals surface area contributed by atoms with Crippen molar-refractivity contribution in [3.63, 3.8) is 0 Å². The Morgan fingerprint density at radius 1 is 0.778 bits per heavy atom. The molecule has 27 heavy (non-hydrogen) atoms. The highest BCUT2D eigenvalue weighted by atomic mass is 32.2. The molecule has 0 aliphatic heterocycles.